The third-order valence-electron chi connectivity index (χ3n) is 6.56. The molecule has 0 unspecified atom stereocenters. The number of pyridine rings is 1. The van der Waals surface area contributed by atoms with Crippen molar-refractivity contribution in [2.75, 3.05) is 31.9 Å². The Bertz CT molecular complexity index is 1110. The SMILES string of the molecule is NCCSc1ncc(S(=O)(=O)NC2CCC(C(=O)N3CCNC[C@@H]3c3ccccc3)CC2)cc1Br. The molecule has 11 heteroatoms. The predicted molar refractivity (Wildman–Crippen MR) is 142 cm³/mol. The zero-order chi connectivity index (χ0) is 24.8. The monoisotopic (exact) mass is 581 g/mol. The summed E-state index contributed by atoms with van der Waals surface area (Å²) in [5.41, 5.74) is 6.68. The van der Waals surface area contributed by atoms with Crippen LogP contribution < -0.4 is 15.8 Å². The third kappa shape index (κ3) is 6.64. The number of benzene rings is 1. The Labute approximate surface area is 220 Å². The van der Waals surface area contributed by atoms with E-state index in [-0.39, 0.29) is 28.8 Å². The van der Waals surface area contributed by atoms with Crippen molar-refractivity contribution in [2.24, 2.45) is 11.7 Å². The summed E-state index contributed by atoms with van der Waals surface area (Å²) >= 11 is 4.89. The smallest absolute Gasteiger partial charge is 0.242 e. The number of aromatic nitrogens is 1. The Morgan fingerprint density at radius 3 is 2.66 bits per heavy atom. The maximum Gasteiger partial charge on any atom is 0.242 e. The lowest BCUT2D eigenvalue weighted by Gasteiger charge is -2.40. The number of piperazine rings is 1. The highest BCUT2D eigenvalue weighted by Crippen LogP contribution is 2.32. The van der Waals surface area contributed by atoms with Crippen molar-refractivity contribution in [1.82, 2.24) is 19.9 Å². The van der Waals surface area contributed by atoms with Crippen LogP contribution >= 0.6 is 27.7 Å². The molecule has 2 aromatic rings. The molecule has 2 heterocycles. The highest BCUT2D eigenvalue weighted by molar-refractivity contribution is 9.10. The van der Waals surface area contributed by atoms with E-state index in [0.717, 1.165) is 23.7 Å². The summed E-state index contributed by atoms with van der Waals surface area (Å²) in [5, 5.41) is 4.12. The second-order valence-corrected chi connectivity index (χ2v) is 12.6. The van der Waals surface area contributed by atoms with Gasteiger partial charge in [-0.25, -0.2) is 18.1 Å². The lowest BCUT2D eigenvalue weighted by Crippen LogP contribution is -2.51. The number of sulfonamides is 1. The van der Waals surface area contributed by atoms with Gasteiger partial charge in [-0.1, -0.05) is 30.3 Å². The number of rotatable bonds is 8. The molecule has 1 atom stereocenters. The molecule has 1 aromatic carbocycles. The molecule has 1 aromatic heterocycles. The van der Waals surface area contributed by atoms with Crippen molar-refractivity contribution in [1.29, 1.82) is 0 Å². The Morgan fingerprint density at radius 1 is 1.23 bits per heavy atom. The van der Waals surface area contributed by atoms with Crippen LogP contribution in [0, 0.1) is 5.92 Å². The number of amides is 1. The van der Waals surface area contributed by atoms with Crippen LogP contribution in [-0.2, 0) is 14.8 Å². The average molecular weight is 583 g/mol. The maximum absolute atomic E-state index is 13.4. The van der Waals surface area contributed by atoms with E-state index < -0.39 is 10.0 Å². The zero-order valence-electron chi connectivity index (χ0n) is 19.5. The van der Waals surface area contributed by atoms with Crippen LogP contribution in [-0.4, -0.2) is 62.2 Å². The van der Waals surface area contributed by atoms with Gasteiger partial charge in [-0.2, -0.15) is 0 Å². The summed E-state index contributed by atoms with van der Waals surface area (Å²) in [6, 6.07) is 11.6. The summed E-state index contributed by atoms with van der Waals surface area (Å²) in [5.74, 6) is 0.813. The Balaban J connectivity index is 1.35. The van der Waals surface area contributed by atoms with Crippen LogP contribution in [0.4, 0.5) is 0 Å². The normalized spacial score (nSPS) is 23.3. The lowest BCUT2D eigenvalue weighted by molar-refractivity contribution is -0.140. The van der Waals surface area contributed by atoms with Gasteiger partial charge in [0.05, 0.1) is 10.5 Å². The molecular weight excluding hydrogens is 550 g/mol. The summed E-state index contributed by atoms with van der Waals surface area (Å²) < 4.78 is 29.4. The van der Waals surface area contributed by atoms with E-state index in [1.807, 2.05) is 23.1 Å². The standard InChI is InChI=1S/C24H32BrN5O3S2/c25-21-14-20(15-28-23(21)34-13-10-26)35(32,33)29-19-8-6-18(7-9-19)24(31)30-12-11-27-16-22(30)17-4-2-1-3-5-17/h1-5,14-15,18-19,22,27,29H,6-13,16,26H2/t18?,19?,22-/m1/s1. The minimum Gasteiger partial charge on any atom is -0.333 e. The van der Waals surface area contributed by atoms with Crippen LogP contribution in [0.5, 0.6) is 0 Å². The van der Waals surface area contributed by atoms with Gasteiger partial charge in [0.2, 0.25) is 15.9 Å². The van der Waals surface area contributed by atoms with Crippen molar-refractivity contribution in [3.8, 4) is 0 Å². The second kappa shape index (κ2) is 12.2. The molecule has 4 rings (SSSR count). The molecule has 35 heavy (non-hydrogen) atoms. The molecule has 0 bridgehead atoms. The molecule has 1 aliphatic heterocycles. The topological polar surface area (TPSA) is 117 Å². The summed E-state index contributed by atoms with van der Waals surface area (Å²) in [6.45, 7) is 2.74. The largest absolute Gasteiger partial charge is 0.333 e. The van der Waals surface area contributed by atoms with Crippen LogP contribution in [0.1, 0.15) is 37.3 Å². The molecule has 0 radical (unpaired) electrons. The van der Waals surface area contributed by atoms with Crippen molar-refractivity contribution < 1.29 is 13.2 Å². The predicted octanol–water partition coefficient (Wildman–Crippen LogP) is 2.91. The van der Waals surface area contributed by atoms with Crippen molar-refractivity contribution >= 4 is 43.6 Å². The number of nitrogens with zero attached hydrogens (tertiary/aromatic N) is 2. The molecule has 0 spiro atoms. The van der Waals surface area contributed by atoms with Gasteiger partial charge in [0.1, 0.15) is 9.92 Å². The van der Waals surface area contributed by atoms with Gasteiger partial charge in [0.15, 0.2) is 0 Å². The van der Waals surface area contributed by atoms with Gasteiger partial charge in [-0.3, -0.25) is 4.79 Å². The molecule has 2 fully saturated rings. The number of hydrogen-bond acceptors (Lipinski definition) is 7. The Kier molecular flexibility index (Phi) is 9.23. The first-order chi connectivity index (χ1) is 16.9. The molecule has 8 nitrogen and oxygen atoms in total. The van der Waals surface area contributed by atoms with Crippen LogP contribution in [0.3, 0.4) is 0 Å². The van der Waals surface area contributed by atoms with Gasteiger partial charge in [0, 0.05) is 50.1 Å². The number of thioether (sulfide) groups is 1. The summed E-state index contributed by atoms with van der Waals surface area (Å²) in [4.78, 5) is 19.9. The number of carbonyl (C=O) groups is 1. The van der Waals surface area contributed by atoms with E-state index in [9.17, 15) is 13.2 Å². The molecule has 1 aliphatic carbocycles. The molecule has 1 saturated carbocycles. The van der Waals surface area contributed by atoms with Crippen molar-refractivity contribution in [2.45, 2.75) is 47.7 Å². The fourth-order valence-corrected chi connectivity index (χ4v) is 7.49. The minimum atomic E-state index is -3.70. The van der Waals surface area contributed by atoms with E-state index in [1.54, 1.807) is 6.07 Å². The van der Waals surface area contributed by atoms with Crippen molar-refractivity contribution in [3.05, 3.63) is 52.6 Å². The van der Waals surface area contributed by atoms with Gasteiger partial charge >= 0.3 is 0 Å². The second-order valence-electron chi connectivity index (χ2n) is 8.93. The van der Waals surface area contributed by atoms with Crippen LogP contribution in [0.2, 0.25) is 0 Å². The van der Waals surface area contributed by atoms with Crippen LogP contribution in [0.25, 0.3) is 0 Å². The van der Waals surface area contributed by atoms with Gasteiger partial charge in [-0.05, 0) is 53.2 Å². The summed E-state index contributed by atoms with van der Waals surface area (Å²) in [6.07, 6.45) is 4.00. The molecule has 2 aliphatic rings. The van der Waals surface area contributed by atoms with E-state index in [4.69, 9.17) is 5.73 Å². The Hall–Kier alpha value is -1.50. The first-order valence-corrected chi connectivity index (χ1v) is 15.2. The molecule has 1 amide bonds. The van der Waals surface area contributed by atoms with E-state index >= 15 is 0 Å². The first-order valence-electron chi connectivity index (χ1n) is 12.0. The maximum atomic E-state index is 13.4. The average Bonchev–Trinajstić information content (AvgIpc) is 2.88. The van der Waals surface area contributed by atoms with E-state index in [0.29, 0.717) is 49.0 Å². The number of nitrogens with one attached hydrogen (secondary N) is 2. The number of hydrogen-bond donors (Lipinski definition) is 3. The zero-order valence-corrected chi connectivity index (χ0v) is 22.7. The highest BCUT2D eigenvalue weighted by atomic mass is 79.9. The quantitative estimate of drug-likeness (QED) is 0.410. The Morgan fingerprint density at radius 2 is 1.97 bits per heavy atom. The van der Waals surface area contributed by atoms with Gasteiger partial charge in [-0.15, -0.1) is 11.8 Å². The van der Waals surface area contributed by atoms with Gasteiger partial charge in [0.25, 0.3) is 0 Å². The van der Waals surface area contributed by atoms with E-state index in [1.165, 1.54) is 18.0 Å². The number of carbonyl (C=O) groups excluding carboxylic acids is 1. The fraction of sp³-hybridized carbons (Fsp3) is 0.500. The number of halogens is 1. The fourth-order valence-electron chi connectivity index (χ4n) is 4.74. The van der Waals surface area contributed by atoms with Crippen LogP contribution in [0.15, 0.2) is 57.0 Å². The lowest BCUT2D eigenvalue weighted by atomic mass is 9.85. The highest BCUT2D eigenvalue weighted by Gasteiger charge is 2.35. The molecule has 4 N–H and O–H groups in total. The molecule has 1 saturated heterocycles. The first kappa shape index (κ1) is 26.6. The number of nitrogens with two attached hydrogens (primary N) is 1. The van der Waals surface area contributed by atoms with Gasteiger partial charge < -0.3 is 16.0 Å². The summed E-state index contributed by atoms with van der Waals surface area (Å²) in [7, 11) is -3.70. The van der Waals surface area contributed by atoms with Crippen molar-refractivity contribution in [3.63, 3.8) is 0 Å². The molecular formula is C24H32BrN5O3S2. The minimum absolute atomic E-state index is 0.0330. The third-order valence-corrected chi connectivity index (χ3v) is 9.95. The van der Waals surface area contributed by atoms with E-state index in [2.05, 4.69) is 43.1 Å². The molecule has 190 valence electrons.